The van der Waals surface area contributed by atoms with Gasteiger partial charge in [-0.3, -0.25) is 0 Å². The lowest BCUT2D eigenvalue weighted by atomic mass is 9.73. The van der Waals surface area contributed by atoms with E-state index in [1.807, 2.05) is 0 Å². The summed E-state index contributed by atoms with van der Waals surface area (Å²) in [5.41, 5.74) is 7.21. The first-order valence-corrected chi connectivity index (χ1v) is 10.9. The molecule has 2 saturated heterocycles. The summed E-state index contributed by atoms with van der Waals surface area (Å²) in [6.07, 6.45) is 7.50. The van der Waals surface area contributed by atoms with Gasteiger partial charge in [0.2, 0.25) is 0 Å². The largest absolute Gasteiger partial charge is 0.303 e. The molecule has 4 rings (SSSR count). The highest BCUT2D eigenvalue weighted by atomic mass is 16.8. The van der Waals surface area contributed by atoms with E-state index in [2.05, 4.69) is 60.5 Å². The third-order valence-corrected chi connectivity index (χ3v) is 6.88. The molecule has 1 aromatic rings. The van der Waals surface area contributed by atoms with Crippen LogP contribution in [0.25, 0.3) is 0 Å². The van der Waals surface area contributed by atoms with Crippen LogP contribution in [0.2, 0.25) is 0 Å². The van der Waals surface area contributed by atoms with Crippen molar-refractivity contribution in [2.24, 2.45) is 5.41 Å². The molecule has 0 aromatic heterocycles. The average molecular weight is 372 g/mol. The molecule has 2 heterocycles. The van der Waals surface area contributed by atoms with E-state index in [9.17, 15) is 0 Å². The van der Waals surface area contributed by atoms with E-state index in [1.54, 1.807) is 5.56 Å². The first-order chi connectivity index (χ1) is 13.0. The molecule has 0 bridgehead atoms. The third-order valence-electron chi connectivity index (χ3n) is 6.88. The molecule has 0 saturated carbocycles. The number of benzene rings is 1. The Morgan fingerprint density at radius 1 is 1.07 bits per heavy atom. The van der Waals surface area contributed by atoms with Gasteiger partial charge < -0.3 is 4.90 Å². The lowest BCUT2D eigenvalue weighted by Gasteiger charge is -2.41. The number of piperidine rings is 1. The highest BCUT2D eigenvalue weighted by Gasteiger charge is 2.45. The van der Waals surface area contributed by atoms with E-state index in [-0.39, 0.29) is 0 Å². The third kappa shape index (κ3) is 4.40. The second-order valence-corrected chi connectivity index (χ2v) is 10.1. The Labute approximate surface area is 165 Å². The molecular formula is C23H37N3O. The highest BCUT2D eigenvalue weighted by Crippen LogP contribution is 2.50. The van der Waals surface area contributed by atoms with Crippen molar-refractivity contribution in [3.8, 4) is 0 Å². The van der Waals surface area contributed by atoms with Crippen molar-refractivity contribution in [3.05, 3.63) is 35.4 Å². The fraction of sp³-hybridized carbons (Fsp3) is 0.739. The number of likely N-dealkylation sites (tertiary alicyclic amines) is 1. The molecule has 4 nitrogen and oxygen atoms in total. The Kier molecular flexibility index (Phi) is 5.62. The maximum absolute atomic E-state index is 5.95. The van der Waals surface area contributed by atoms with Crippen LogP contribution >= 0.6 is 0 Å². The molecule has 0 radical (unpaired) electrons. The fourth-order valence-electron chi connectivity index (χ4n) is 5.09. The maximum Gasteiger partial charge on any atom is 0.0601 e. The second kappa shape index (κ2) is 7.82. The summed E-state index contributed by atoms with van der Waals surface area (Å²) in [6, 6.07) is 9.40. The summed E-state index contributed by atoms with van der Waals surface area (Å²) >= 11 is 0. The van der Waals surface area contributed by atoms with Gasteiger partial charge in [-0.1, -0.05) is 45.0 Å². The van der Waals surface area contributed by atoms with Gasteiger partial charge in [0.1, 0.15) is 0 Å². The molecule has 27 heavy (non-hydrogen) atoms. The van der Waals surface area contributed by atoms with Crippen LogP contribution < -0.4 is 5.48 Å². The van der Waals surface area contributed by atoms with Crippen molar-refractivity contribution in [2.45, 2.75) is 70.8 Å². The summed E-state index contributed by atoms with van der Waals surface area (Å²) in [7, 11) is 0. The summed E-state index contributed by atoms with van der Waals surface area (Å²) in [6.45, 7) is 12.8. The minimum atomic E-state index is 0.322. The lowest BCUT2D eigenvalue weighted by Crippen LogP contribution is -2.43. The molecule has 1 N–H and O–H groups in total. The van der Waals surface area contributed by atoms with Gasteiger partial charge in [-0.2, -0.15) is 10.5 Å². The SMILES string of the molecule is CC(C)(C)CCN1CCC2(CC1)C[C@H](NON1CCCC1)c1ccccc12. The van der Waals surface area contributed by atoms with Gasteiger partial charge >= 0.3 is 0 Å². The van der Waals surface area contributed by atoms with Crippen LogP contribution in [0.1, 0.15) is 76.5 Å². The number of nitrogens with one attached hydrogen (secondary N) is 1. The van der Waals surface area contributed by atoms with Gasteiger partial charge in [0.05, 0.1) is 6.04 Å². The first-order valence-electron chi connectivity index (χ1n) is 10.9. The summed E-state index contributed by atoms with van der Waals surface area (Å²) in [4.78, 5) is 8.63. The Hall–Kier alpha value is -0.940. The zero-order valence-electron chi connectivity index (χ0n) is 17.5. The van der Waals surface area contributed by atoms with Crippen LogP contribution in [-0.2, 0) is 10.4 Å². The minimum Gasteiger partial charge on any atom is -0.303 e. The fourth-order valence-corrected chi connectivity index (χ4v) is 5.09. The van der Waals surface area contributed by atoms with E-state index in [1.165, 1.54) is 63.7 Å². The smallest absolute Gasteiger partial charge is 0.0601 e. The number of hydrogen-bond acceptors (Lipinski definition) is 4. The number of hydrogen-bond donors (Lipinski definition) is 1. The molecule has 2 aliphatic heterocycles. The Morgan fingerprint density at radius 3 is 2.48 bits per heavy atom. The quantitative estimate of drug-likeness (QED) is 0.775. The molecule has 3 aliphatic rings. The molecule has 0 amide bonds. The standard InChI is InChI=1S/C23H37N3O/c1-22(2,3)10-15-25-16-11-23(12-17-25)18-21(19-8-4-5-9-20(19)23)24-27-26-13-6-7-14-26/h4-5,8-9,21,24H,6-7,10-18H2,1-3H3/t21-/m0/s1. The van der Waals surface area contributed by atoms with E-state index in [0.717, 1.165) is 13.1 Å². The molecule has 150 valence electrons. The van der Waals surface area contributed by atoms with Gasteiger partial charge in [0, 0.05) is 13.1 Å². The molecule has 0 unspecified atom stereocenters. The highest BCUT2D eigenvalue weighted by molar-refractivity contribution is 5.42. The van der Waals surface area contributed by atoms with E-state index < -0.39 is 0 Å². The van der Waals surface area contributed by atoms with Crippen LogP contribution in [0.3, 0.4) is 0 Å². The molecule has 1 aliphatic carbocycles. The van der Waals surface area contributed by atoms with Crippen LogP contribution in [0.5, 0.6) is 0 Å². The predicted octanol–water partition coefficient (Wildman–Crippen LogP) is 4.43. The van der Waals surface area contributed by atoms with E-state index >= 15 is 0 Å². The lowest BCUT2D eigenvalue weighted by molar-refractivity contribution is -0.208. The maximum atomic E-state index is 5.95. The summed E-state index contributed by atoms with van der Waals surface area (Å²) in [5, 5.41) is 2.09. The van der Waals surface area contributed by atoms with Gasteiger partial charge in [0.25, 0.3) is 0 Å². The summed E-state index contributed by atoms with van der Waals surface area (Å²) < 4.78 is 0. The Bertz CT molecular complexity index is 625. The topological polar surface area (TPSA) is 27.7 Å². The van der Waals surface area contributed by atoms with Crippen molar-refractivity contribution in [3.63, 3.8) is 0 Å². The van der Waals surface area contributed by atoms with Crippen LogP contribution in [0, 0.1) is 5.41 Å². The van der Waals surface area contributed by atoms with E-state index in [0.29, 0.717) is 16.9 Å². The number of hydroxylamine groups is 3. The second-order valence-electron chi connectivity index (χ2n) is 10.1. The normalized spacial score (nSPS) is 26.0. The first kappa shape index (κ1) is 19.4. The molecule has 4 heteroatoms. The molecular weight excluding hydrogens is 334 g/mol. The molecule has 2 fully saturated rings. The monoisotopic (exact) mass is 371 g/mol. The van der Waals surface area contributed by atoms with E-state index in [4.69, 9.17) is 4.94 Å². The van der Waals surface area contributed by atoms with Crippen molar-refractivity contribution in [1.29, 1.82) is 0 Å². The predicted molar refractivity (Wildman–Crippen MR) is 110 cm³/mol. The van der Waals surface area contributed by atoms with Gasteiger partial charge in [-0.05, 0) is 80.1 Å². The van der Waals surface area contributed by atoms with Crippen LogP contribution in [-0.4, -0.2) is 42.7 Å². The van der Waals surface area contributed by atoms with Gasteiger partial charge in [-0.25, -0.2) is 4.94 Å². The Morgan fingerprint density at radius 2 is 1.78 bits per heavy atom. The number of fused-ring (bicyclic) bond motifs is 2. The van der Waals surface area contributed by atoms with Crippen molar-refractivity contribution in [1.82, 2.24) is 15.4 Å². The average Bonchev–Trinajstić information content (AvgIpc) is 3.27. The molecule has 1 atom stereocenters. The summed E-state index contributed by atoms with van der Waals surface area (Å²) in [5.74, 6) is 0. The van der Waals surface area contributed by atoms with Gasteiger partial charge in [-0.15, -0.1) is 0 Å². The molecule has 1 spiro atoms. The van der Waals surface area contributed by atoms with Crippen molar-refractivity contribution < 1.29 is 4.94 Å². The minimum absolute atomic E-state index is 0.322. The zero-order valence-corrected chi connectivity index (χ0v) is 17.5. The number of rotatable bonds is 5. The van der Waals surface area contributed by atoms with Crippen LogP contribution in [0.15, 0.2) is 24.3 Å². The molecule has 1 aromatic carbocycles. The van der Waals surface area contributed by atoms with Crippen LogP contribution in [0.4, 0.5) is 0 Å². The number of nitrogens with zero attached hydrogens (tertiary/aromatic N) is 2. The van der Waals surface area contributed by atoms with Gasteiger partial charge in [0.15, 0.2) is 0 Å². The Balaban J connectivity index is 1.40. The van der Waals surface area contributed by atoms with Crippen molar-refractivity contribution in [2.75, 3.05) is 32.7 Å². The van der Waals surface area contributed by atoms with Crippen molar-refractivity contribution >= 4 is 0 Å². The zero-order chi connectivity index (χ0) is 18.9.